The van der Waals surface area contributed by atoms with Gasteiger partial charge in [0.2, 0.25) is 0 Å². The molecule has 0 unspecified atom stereocenters. The van der Waals surface area contributed by atoms with E-state index in [1.165, 1.54) is 19.3 Å². The topological polar surface area (TPSA) is 26.3 Å². The van der Waals surface area contributed by atoms with Gasteiger partial charge < -0.3 is 4.74 Å². The van der Waals surface area contributed by atoms with Crippen molar-refractivity contribution in [2.75, 3.05) is 6.61 Å². The van der Waals surface area contributed by atoms with Crippen molar-refractivity contribution in [2.45, 2.75) is 38.5 Å². The maximum atomic E-state index is 11.8. The third kappa shape index (κ3) is 2.08. The normalized spacial score (nSPS) is 19.6. The molecule has 17 heavy (non-hydrogen) atoms. The van der Waals surface area contributed by atoms with E-state index in [0.717, 1.165) is 42.2 Å². The van der Waals surface area contributed by atoms with Crippen LogP contribution in [0.1, 0.15) is 48.0 Å². The van der Waals surface area contributed by atoms with Gasteiger partial charge in [-0.1, -0.05) is 18.6 Å². The summed E-state index contributed by atoms with van der Waals surface area (Å²) in [4.78, 5) is 11.8. The first-order valence-corrected chi connectivity index (χ1v) is 6.62. The number of benzene rings is 1. The van der Waals surface area contributed by atoms with Crippen LogP contribution in [-0.4, -0.2) is 12.4 Å². The SMILES string of the molecule is O=C1CCCc2c(OCC3CCC3)cccc21. The van der Waals surface area contributed by atoms with Crippen molar-refractivity contribution in [1.29, 1.82) is 0 Å². The Balaban J connectivity index is 1.78. The van der Waals surface area contributed by atoms with E-state index in [9.17, 15) is 4.79 Å². The molecule has 0 N–H and O–H groups in total. The Morgan fingerprint density at radius 3 is 2.82 bits per heavy atom. The standard InChI is InChI=1S/C15H18O2/c16-14-8-2-7-13-12(14)6-3-9-15(13)17-10-11-4-1-5-11/h3,6,9,11H,1-2,4-5,7-8,10H2. The first-order chi connectivity index (χ1) is 8.34. The molecule has 0 spiro atoms. The van der Waals surface area contributed by atoms with Gasteiger partial charge in [-0.2, -0.15) is 0 Å². The average Bonchev–Trinajstić information content (AvgIpc) is 2.28. The molecule has 0 saturated heterocycles. The molecule has 1 aromatic rings. The Hall–Kier alpha value is -1.31. The smallest absolute Gasteiger partial charge is 0.163 e. The number of ether oxygens (including phenoxy) is 1. The molecule has 1 saturated carbocycles. The lowest BCUT2D eigenvalue weighted by Crippen LogP contribution is -2.20. The van der Waals surface area contributed by atoms with Gasteiger partial charge in [-0.15, -0.1) is 0 Å². The van der Waals surface area contributed by atoms with Crippen molar-refractivity contribution >= 4 is 5.78 Å². The number of rotatable bonds is 3. The molecule has 1 aromatic carbocycles. The summed E-state index contributed by atoms with van der Waals surface area (Å²) < 4.78 is 5.90. The fourth-order valence-corrected chi connectivity index (χ4v) is 2.65. The van der Waals surface area contributed by atoms with Gasteiger partial charge in [-0.3, -0.25) is 4.79 Å². The third-order valence-corrected chi connectivity index (χ3v) is 3.96. The molecule has 2 heteroatoms. The monoisotopic (exact) mass is 230 g/mol. The van der Waals surface area contributed by atoms with Crippen LogP contribution in [0.3, 0.4) is 0 Å². The fraction of sp³-hybridized carbons (Fsp3) is 0.533. The van der Waals surface area contributed by atoms with Gasteiger partial charge >= 0.3 is 0 Å². The second-order valence-corrected chi connectivity index (χ2v) is 5.17. The quantitative estimate of drug-likeness (QED) is 0.795. The van der Waals surface area contributed by atoms with Gasteiger partial charge in [0.25, 0.3) is 0 Å². The summed E-state index contributed by atoms with van der Waals surface area (Å²) >= 11 is 0. The second-order valence-electron chi connectivity index (χ2n) is 5.17. The molecule has 2 aliphatic rings. The summed E-state index contributed by atoms with van der Waals surface area (Å²) in [7, 11) is 0. The number of carbonyl (C=O) groups excluding carboxylic acids is 1. The van der Waals surface area contributed by atoms with Gasteiger partial charge in [0.05, 0.1) is 6.61 Å². The Morgan fingerprint density at radius 1 is 1.18 bits per heavy atom. The van der Waals surface area contributed by atoms with Crippen LogP contribution in [0.4, 0.5) is 0 Å². The van der Waals surface area contributed by atoms with Crippen molar-refractivity contribution < 1.29 is 9.53 Å². The molecule has 0 bridgehead atoms. The number of carbonyl (C=O) groups is 1. The van der Waals surface area contributed by atoms with E-state index in [1.807, 2.05) is 18.2 Å². The Labute approximate surface area is 102 Å². The van der Waals surface area contributed by atoms with Crippen LogP contribution in [0.25, 0.3) is 0 Å². The molecule has 2 nitrogen and oxygen atoms in total. The van der Waals surface area contributed by atoms with Crippen LogP contribution in [-0.2, 0) is 6.42 Å². The Bertz CT molecular complexity index is 433. The zero-order valence-corrected chi connectivity index (χ0v) is 10.1. The van der Waals surface area contributed by atoms with E-state index in [-0.39, 0.29) is 5.78 Å². The van der Waals surface area contributed by atoms with E-state index >= 15 is 0 Å². The number of hydrogen-bond donors (Lipinski definition) is 0. The molecule has 90 valence electrons. The minimum absolute atomic E-state index is 0.278. The summed E-state index contributed by atoms with van der Waals surface area (Å²) in [6.45, 7) is 0.824. The molecule has 0 radical (unpaired) electrons. The van der Waals surface area contributed by atoms with Crippen molar-refractivity contribution in [1.82, 2.24) is 0 Å². The van der Waals surface area contributed by atoms with E-state index in [2.05, 4.69) is 0 Å². The van der Waals surface area contributed by atoms with Crippen LogP contribution in [0.2, 0.25) is 0 Å². The summed E-state index contributed by atoms with van der Waals surface area (Å²) in [5.74, 6) is 1.97. The maximum Gasteiger partial charge on any atom is 0.163 e. The summed E-state index contributed by atoms with van der Waals surface area (Å²) in [5.41, 5.74) is 2.03. The van der Waals surface area contributed by atoms with Crippen molar-refractivity contribution in [3.63, 3.8) is 0 Å². The molecular weight excluding hydrogens is 212 g/mol. The Morgan fingerprint density at radius 2 is 2.06 bits per heavy atom. The first-order valence-electron chi connectivity index (χ1n) is 6.62. The van der Waals surface area contributed by atoms with Crippen LogP contribution >= 0.6 is 0 Å². The lowest BCUT2D eigenvalue weighted by molar-refractivity contribution is 0.0970. The van der Waals surface area contributed by atoms with Crippen LogP contribution in [0.5, 0.6) is 5.75 Å². The van der Waals surface area contributed by atoms with Gasteiger partial charge in [-0.25, -0.2) is 0 Å². The molecule has 0 heterocycles. The van der Waals surface area contributed by atoms with Gasteiger partial charge in [0.15, 0.2) is 5.78 Å². The minimum atomic E-state index is 0.278. The highest BCUT2D eigenvalue weighted by molar-refractivity contribution is 5.99. The van der Waals surface area contributed by atoms with Gasteiger partial charge in [0.1, 0.15) is 5.75 Å². The predicted molar refractivity (Wildman–Crippen MR) is 66.5 cm³/mol. The molecular formula is C15H18O2. The lowest BCUT2D eigenvalue weighted by Gasteiger charge is -2.26. The number of hydrogen-bond acceptors (Lipinski definition) is 2. The third-order valence-electron chi connectivity index (χ3n) is 3.96. The molecule has 2 aliphatic carbocycles. The summed E-state index contributed by atoms with van der Waals surface area (Å²) in [5, 5.41) is 0. The van der Waals surface area contributed by atoms with Crippen molar-refractivity contribution in [2.24, 2.45) is 5.92 Å². The Kier molecular flexibility index (Phi) is 2.87. The van der Waals surface area contributed by atoms with Gasteiger partial charge in [0, 0.05) is 17.5 Å². The molecule has 1 fully saturated rings. The van der Waals surface area contributed by atoms with E-state index in [4.69, 9.17) is 4.74 Å². The molecule has 3 rings (SSSR count). The number of ketones is 1. The van der Waals surface area contributed by atoms with Crippen molar-refractivity contribution in [3.05, 3.63) is 29.3 Å². The summed E-state index contributed by atoms with van der Waals surface area (Å²) in [6, 6.07) is 5.89. The first kappa shape index (κ1) is 10.8. The molecule has 0 aromatic heterocycles. The maximum absolute atomic E-state index is 11.8. The average molecular weight is 230 g/mol. The number of fused-ring (bicyclic) bond motifs is 1. The lowest BCUT2D eigenvalue weighted by atomic mass is 9.86. The zero-order chi connectivity index (χ0) is 11.7. The van der Waals surface area contributed by atoms with Gasteiger partial charge in [-0.05, 0) is 37.7 Å². The van der Waals surface area contributed by atoms with E-state index < -0.39 is 0 Å². The predicted octanol–water partition coefficient (Wildman–Crippen LogP) is 3.38. The van der Waals surface area contributed by atoms with Crippen LogP contribution < -0.4 is 4.74 Å². The largest absolute Gasteiger partial charge is 0.493 e. The van der Waals surface area contributed by atoms with Crippen LogP contribution in [0.15, 0.2) is 18.2 Å². The highest BCUT2D eigenvalue weighted by Gasteiger charge is 2.22. The second kappa shape index (κ2) is 4.52. The highest BCUT2D eigenvalue weighted by Crippen LogP contribution is 2.32. The van der Waals surface area contributed by atoms with Crippen LogP contribution in [0, 0.1) is 5.92 Å². The molecule has 0 aliphatic heterocycles. The fourth-order valence-electron chi connectivity index (χ4n) is 2.65. The molecule has 0 amide bonds. The highest BCUT2D eigenvalue weighted by atomic mass is 16.5. The molecule has 0 atom stereocenters. The zero-order valence-electron chi connectivity index (χ0n) is 10.1. The number of Topliss-reactive ketones (excluding diaryl/α,β-unsaturated/α-hetero) is 1. The van der Waals surface area contributed by atoms with E-state index in [0.29, 0.717) is 6.42 Å². The minimum Gasteiger partial charge on any atom is -0.493 e. The summed E-state index contributed by atoms with van der Waals surface area (Å²) in [6.07, 6.45) is 6.60. The van der Waals surface area contributed by atoms with Crippen molar-refractivity contribution in [3.8, 4) is 5.75 Å². The van der Waals surface area contributed by atoms with E-state index in [1.54, 1.807) is 0 Å².